The Morgan fingerprint density at radius 1 is 0.917 bits per heavy atom. The van der Waals surface area contributed by atoms with Crippen molar-refractivity contribution in [1.82, 2.24) is 19.2 Å². The second kappa shape index (κ2) is 9.85. The molecule has 1 fully saturated rings. The Kier molecular flexibility index (Phi) is 6.61. The van der Waals surface area contributed by atoms with Crippen molar-refractivity contribution in [3.63, 3.8) is 0 Å². The van der Waals surface area contributed by atoms with Crippen molar-refractivity contribution in [2.24, 2.45) is 0 Å². The first-order valence-electron chi connectivity index (χ1n) is 11.4. The summed E-state index contributed by atoms with van der Waals surface area (Å²) in [7, 11) is -3.50. The maximum atomic E-state index is 13.0. The first-order chi connectivity index (χ1) is 17.3. The van der Waals surface area contributed by atoms with Crippen molar-refractivity contribution in [1.29, 1.82) is 0 Å². The second-order valence-corrected chi connectivity index (χ2v) is 11.0. The predicted octanol–water partition coefficient (Wildman–Crippen LogP) is 3.53. The van der Waals surface area contributed by atoms with Crippen LogP contribution < -0.4 is 5.56 Å². The molecule has 184 valence electrons. The van der Waals surface area contributed by atoms with Crippen molar-refractivity contribution in [3.8, 4) is 11.4 Å². The number of aromatic nitrogens is 2. The zero-order valence-electron chi connectivity index (χ0n) is 19.2. The minimum Gasteiger partial charge on any atom is -0.336 e. The van der Waals surface area contributed by atoms with Crippen LogP contribution in [0.5, 0.6) is 0 Å². The van der Waals surface area contributed by atoms with Crippen LogP contribution in [0.2, 0.25) is 5.02 Å². The molecule has 1 saturated heterocycles. The molecule has 10 heteroatoms. The molecule has 0 aliphatic carbocycles. The van der Waals surface area contributed by atoms with Gasteiger partial charge in [-0.2, -0.15) is 4.31 Å². The topological polar surface area (TPSA) is 103 Å². The van der Waals surface area contributed by atoms with Gasteiger partial charge in [0, 0.05) is 42.3 Å². The lowest BCUT2D eigenvalue weighted by Crippen LogP contribution is -2.50. The number of carbonyl (C=O) groups excluding carboxylic acids is 1. The van der Waals surface area contributed by atoms with Crippen molar-refractivity contribution < 1.29 is 13.2 Å². The number of nitrogens with one attached hydrogen (secondary N) is 1. The average molecular weight is 523 g/mol. The van der Waals surface area contributed by atoms with E-state index in [0.717, 1.165) is 0 Å². The number of aromatic amines is 1. The van der Waals surface area contributed by atoms with Crippen molar-refractivity contribution in [2.45, 2.75) is 5.75 Å². The van der Waals surface area contributed by atoms with Crippen LogP contribution in [0.25, 0.3) is 22.3 Å². The molecule has 8 nitrogen and oxygen atoms in total. The maximum Gasteiger partial charge on any atom is 0.259 e. The molecule has 2 heterocycles. The number of H-pyrrole nitrogens is 1. The molecule has 0 radical (unpaired) electrons. The highest BCUT2D eigenvalue weighted by atomic mass is 35.5. The molecule has 4 aromatic rings. The Balaban J connectivity index is 1.24. The summed E-state index contributed by atoms with van der Waals surface area (Å²) in [5.41, 5.74) is 2.21. The van der Waals surface area contributed by atoms with Crippen molar-refractivity contribution in [3.05, 3.63) is 99.3 Å². The molecule has 1 aliphatic rings. The number of halogens is 1. The highest BCUT2D eigenvalue weighted by Gasteiger charge is 2.29. The Morgan fingerprint density at radius 2 is 1.58 bits per heavy atom. The van der Waals surface area contributed by atoms with E-state index >= 15 is 0 Å². The maximum absolute atomic E-state index is 13.0. The number of benzene rings is 3. The van der Waals surface area contributed by atoms with Gasteiger partial charge in [0.15, 0.2) is 0 Å². The first-order valence-corrected chi connectivity index (χ1v) is 13.4. The molecule has 3 aromatic carbocycles. The number of hydrogen-bond donors (Lipinski definition) is 1. The summed E-state index contributed by atoms with van der Waals surface area (Å²) < 4.78 is 27.1. The van der Waals surface area contributed by atoms with E-state index in [1.54, 1.807) is 71.6 Å². The third-order valence-corrected chi connectivity index (χ3v) is 8.30. The summed E-state index contributed by atoms with van der Waals surface area (Å²) in [6.07, 6.45) is 0. The third kappa shape index (κ3) is 5.04. The van der Waals surface area contributed by atoms with E-state index in [-0.39, 0.29) is 30.3 Å². The number of sulfonamides is 1. The van der Waals surface area contributed by atoms with Crippen molar-refractivity contribution in [2.75, 3.05) is 26.2 Å². The molecule has 0 atom stereocenters. The number of hydrogen-bond acceptors (Lipinski definition) is 5. The van der Waals surface area contributed by atoms with Crippen LogP contribution >= 0.6 is 11.6 Å². The molecule has 36 heavy (non-hydrogen) atoms. The van der Waals surface area contributed by atoms with Crippen LogP contribution in [-0.2, 0) is 15.8 Å². The highest BCUT2D eigenvalue weighted by Crippen LogP contribution is 2.20. The van der Waals surface area contributed by atoms with Gasteiger partial charge in [0.1, 0.15) is 5.82 Å². The minimum atomic E-state index is -3.50. The molecule has 1 aliphatic heterocycles. The molecule has 1 aromatic heterocycles. The van der Waals surface area contributed by atoms with Gasteiger partial charge in [-0.25, -0.2) is 13.4 Å². The zero-order chi connectivity index (χ0) is 25.3. The molecular weight excluding hydrogens is 500 g/mol. The van der Waals surface area contributed by atoms with E-state index in [2.05, 4.69) is 9.97 Å². The quantitative estimate of drug-likeness (QED) is 0.432. The van der Waals surface area contributed by atoms with Gasteiger partial charge < -0.3 is 9.88 Å². The molecule has 1 N–H and O–H groups in total. The monoisotopic (exact) mass is 522 g/mol. The molecule has 5 rings (SSSR count). The van der Waals surface area contributed by atoms with Gasteiger partial charge >= 0.3 is 0 Å². The van der Waals surface area contributed by atoms with Crippen LogP contribution in [0.1, 0.15) is 15.9 Å². The summed E-state index contributed by atoms with van der Waals surface area (Å²) in [5.74, 6) is 0.151. The summed E-state index contributed by atoms with van der Waals surface area (Å²) in [6, 6.07) is 20.7. The van der Waals surface area contributed by atoms with E-state index in [1.807, 2.05) is 6.07 Å². The Hall–Kier alpha value is -3.53. The molecule has 0 unspecified atom stereocenters. The number of amides is 1. The van der Waals surface area contributed by atoms with Crippen LogP contribution in [0, 0.1) is 0 Å². The normalized spacial score (nSPS) is 14.8. The van der Waals surface area contributed by atoms with Crippen LogP contribution in [-0.4, -0.2) is 59.7 Å². The van der Waals surface area contributed by atoms with E-state index in [1.165, 1.54) is 4.31 Å². The number of fused-ring (bicyclic) bond motifs is 1. The number of para-hydroxylation sites is 1. The van der Waals surface area contributed by atoms with Crippen LogP contribution in [0.15, 0.2) is 77.6 Å². The Morgan fingerprint density at radius 3 is 2.28 bits per heavy atom. The fourth-order valence-electron chi connectivity index (χ4n) is 4.23. The van der Waals surface area contributed by atoms with Crippen LogP contribution in [0.4, 0.5) is 0 Å². The number of piperazine rings is 1. The average Bonchev–Trinajstić information content (AvgIpc) is 2.90. The fraction of sp³-hybridized carbons (Fsp3) is 0.192. The first kappa shape index (κ1) is 24.2. The van der Waals surface area contributed by atoms with Crippen LogP contribution in [0.3, 0.4) is 0 Å². The molecule has 0 saturated carbocycles. The summed E-state index contributed by atoms with van der Waals surface area (Å²) in [6.45, 7) is 1.09. The molecule has 1 amide bonds. The fourth-order valence-corrected chi connectivity index (χ4v) is 5.87. The second-order valence-electron chi connectivity index (χ2n) is 8.58. The molecule has 0 bridgehead atoms. The molecular formula is C26H23ClN4O4S. The summed E-state index contributed by atoms with van der Waals surface area (Å²) in [5, 5.41) is 1.07. The van der Waals surface area contributed by atoms with Gasteiger partial charge in [-0.05, 0) is 42.0 Å². The number of nitrogens with zero attached hydrogens (tertiary/aromatic N) is 3. The van der Waals surface area contributed by atoms with Gasteiger partial charge in [0.05, 0.1) is 16.7 Å². The standard InChI is InChI=1S/C26H23ClN4O4S/c27-21-11-5-18(6-12-21)17-36(34,35)31-15-13-30(14-16-31)26(33)20-9-7-19(8-10-20)24-28-23-4-2-1-3-22(23)25(32)29-24/h1-12H,13-17H2,(H,28,29,32). The third-order valence-electron chi connectivity index (χ3n) is 6.20. The largest absolute Gasteiger partial charge is 0.336 e. The van der Waals surface area contributed by atoms with Gasteiger partial charge in [-0.3, -0.25) is 9.59 Å². The Labute approximate surface area is 213 Å². The van der Waals surface area contributed by atoms with E-state index in [9.17, 15) is 18.0 Å². The van der Waals surface area contributed by atoms with Crippen molar-refractivity contribution >= 4 is 38.4 Å². The smallest absolute Gasteiger partial charge is 0.259 e. The van der Waals surface area contributed by atoms with Gasteiger partial charge in [-0.15, -0.1) is 0 Å². The van der Waals surface area contributed by atoms with E-state index in [0.29, 0.717) is 51.5 Å². The van der Waals surface area contributed by atoms with Gasteiger partial charge in [0.2, 0.25) is 10.0 Å². The lowest BCUT2D eigenvalue weighted by molar-refractivity contribution is 0.0698. The number of rotatable bonds is 5. The highest BCUT2D eigenvalue weighted by molar-refractivity contribution is 7.88. The summed E-state index contributed by atoms with van der Waals surface area (Å²) in [4.78, 5) is 34.3. The van der Waals surface area contributed by atoms with Gasteiger partial charge in [-0.1, -0.05) is 48.0 Å². The molecule has 0 spiro atoms. The summed E-state index contributed by atoms with van der Waals surface area (Å²) >= 11 is 5.88. The van der Waals surface area contributed by atoms with E-state index < -0.39 is 10.0 Å². The lowest BCUT2D eigenvalue weighted by atomic mass is 10.1. The predicted molar refractivity (Wildman–Crippen MR) is 139 cm³/mol. The lowest BCUT2D eigenvalue weighted by Gasteiger charge is -2.34. The Bertz CT molecular complexity index is 1580. The zero-order valence-corrected chi connectivity index (χ0v) is 20.8. The SMILES string of the molecule is O=C(c1ccc(-c2nc3ccccc3c(=O)[nH]2)cc1)N1CCN(S(=O)(=O)Cc2ccc(Cl)cc2)CC1. The number of carbonyl (C=O) groups is 1. The van der Waals surface area contributed by atoms with E-state index in [4.69, 9.17) is 11.6 Å². The van der Waals surface area contributed by atoms with Gasteiger partial charge in [0.25, 0.3) is 11.5 Å². The minimum absolute atomic E-state index is 0.107.